The lowest BCUT2D eigenvalue weighted by Crippen LogP contribution is -2.18. The summed E-state index contributed by atoms with van der Waals surface area (Å²) < 4.78 is 7.28. The highest BCUT2D eigenvalue weighted by molar-refractivity contribution is 5.36. The lowest BCUT2D eigenvalue weighted by atomic mass is 10.2. The van der Waals surface area contributed by atoms with Crippen LogP contribution in [0.2, 0.25) is 0 Å². The zero-order chi connectivity index (χ0) is 17.1. The molecular formula is C18H23N5O. The molecule has 0 aliphatic rings. The maximum absolute atomic E-state index is 5.28. The predicted octanol–water partition coefficient (Wildman–Crippen LogP) is 3.07. The zero-order valence-electron chi connectivity index (χ0n) is 14.7. The van der Waals surface area contributed by atoms with E-state index >= 15 is 0 Å². The number of hydrogen-bond donors (Lipinski definition) is 0. The molecular weight excluding hydrogens is 302 g/mol. The van der Waals surface area contributed by atoms with Gasteiger partial charge in [0.1, 0.15) is 0 Å². The highest BCUT2D eigenvalue weighted by Crippen LogP contribution is 2.19. The van der Waals surface area contributed by atoms with Gasteiger partial charge in [0.15, 0.2) is 5.82 Å². The summed E-state index contributed by atoms with van der Waals surface area (Å²) >= 11 is 0. The first-order chi connectivity index (χ1) is 11.6. The van der Waals surface area contributed by atoms with Crippen LogP contribution in [0.15, 0.2) is 34.9 Å². The van der Waals surface area contributed by atoms with E-state index in [4.69, 9.17) is 9.62 Å². The number of benzene rings is 1. The maximum Gasteiger partial charge on any atom is 0.240 e. The van der Waals surface area contributed by atoms with Crippen LogP contribution in [0.5, 0.6) is 0 Å². The van der Waals surface area contributed by atoms with Crippen LogP contribution in [0.25, 0.3) is 5.69 Å². The van der Waals surface area contributed by atoms with Crippen LogP contribution in [0.3, 0.4) is 0 Å². The van der Waals surface area contributed by atoms with Gasteiger partial charge in [-0.05, 0) is 33.0 Å². The number of nitrogens with zero attached hydrogens (tertiary/aromatic N) is 5. The Kier molecular flexibility index (Phi) is 4.76. The van der Waals surface area contributed by atoms with E-state index in [-0.39, 0.29) is 0 Å². The molecule has 0 radical (unpaired) electrons. The van der Waals surface area contributed by atoms with Crippen molar-refractivity contribution in [2.24, 2.45) is 0 Å². The summed E-state index contributed by atoms with van der Waals surface area (Å²) in [7, 11) is 2.05. The third kappa shape index (κ3) is 3.38. The Morgan fingerprint density at radius 2 is 1.88 bits per heavy atom. The lowest BCUT2D eigenvalue weighted by molar-refractivity contribution is 0.259. The molecule has 0 saturated carbocycles. The minimum absolute atomic E-state index is 0.627. The molecule has 2 aromatic heterocycles. The SMILES string of the molecule is CCc1noc(CN(C)Cc2c(C)nn(-c3ccccc3)c2C)n1. The van der Waals surface area contributed by atoms with Gasteiger partial charge in [-0.15, -0.1) is 0 Å². The van der Waals surface area contributed by atoms with Crippen molar-refractivity contribution in [1.82, 2.24) is 24.8 Å². The van der Waals surface area contributed by atoms with Crippen molar-refractivity contribution in [2.75, 3.05) is 7.05 Å². The van der Waals surface area contributed by atoms with E-state index in [2.05, 4.69) is 48.1 Å². The Hall–Kier alpha value is -2.47. The van der Waals surface area contributed by atoms with Crippen LogP contribution < -0.4 is 0 Å². The van der Waals surface area contributed by atoms with E-state index in [1.165, 1.54) is 5.56 Å². The second-order valence-electron chi connectivity index (χ2n) is 6.03. The molecule has 2 heterocycles. The van der Waals surface area contributed by atoms with Crippen molar-refractivity contribution in [3.8, 4) is 5.69 Å². The highest BCUT2D eigenvalue weighted by Gasteiger charge is 2.16. The third-order valence-electron chi connectivity index (χ3n) is 4.10. The van der Waals surface area contributed by atoms with Crippen molar-refractivity contribution in [2.45, 2.75) is 40.3 Å². The molecule has 0 N–H and O–H groups in total. The summed E-state index contributed by atoms with van der Waals surface area (Å²) in [5, 5.41) is 8.64. The summed E-state index contributed by atoms with van der Waals surface area (Å²) in [6.45, 7) is 7.59. The Labute approximate surface area is 142 Å². The van der Waals surface area contributed by atoms with Gasteiger partial charge in [0, 0.05) is 24.2 Å². The number of aromatic nitrogens is 4. The summed E-state index contributed by atoms with van der Waals surface area (Å²) in [4.78, 5) is 6.53. The summed E-state index contributed by atoms with van der Waals surface area (Å²) in [6.07, 6.45) is 0.787. The molecule has 0 atom stereocenters. The van der Waals surface area contributed by atoms with Gasteiger partial charge < -0.3 is 4.52 Å². The second kappa shape index (κ2) is 6.97. The van der Waals surface area contributed by atoms with Crippen molar-refractivity contribution in [3.05, 3.63) is 59.0 Å². The molecule has 0 amide bonds. The summed E-state index contributed by atoms with van der Waals surface area (Å²) in [5.41, 5.74) is 4.52. The fraction of sp³-hybridized carbons (Fsp3) is 0.389. The van der Waals surface area contributed by atoms with E-state index in [1.54, 1.807) is 0 Å². The smallest absolute Gasteiger partial charge is 0.240 e. The molecule has 0 spiro atoms. The molecule has 0 aliphatic carbocycles. The summed E-state index contributed by atoms with van der Waals surface area (Å²) in [6, 6.07) is 10.2. The highest BCUT2D eigenvalue weighted by atomic mass is 16.5. The van der Waals surface area contributed by atoms with Gasteiger partial charge in [0.05, 0.1) is 17.9 Å². The molecule has 0 unspecified atom stereocenters. The molecule has 6 nitrogen and oxygen atoms in total. The summed E-state index contributed by atoms with van der Waals surface area (Å²) in [5.74, 6) is 1.41. The molecule has 0 aliphatic heterocycles. The van der Waals surface area contributed by atoms with Gasteiger partial charge in [-0.3, -0.25) is 4.90 Å². The van der Waals surface area contributed by atoms with Gasteiger partial charge >= 0.3 is 0 Å². The number of hydrogen-bond acceptors (Lipinski definition) is 5. The largest absolute Gasteiger partial charge is 0.338 e. The predicted molar refractivity (Wildman–Crippen MR) is 91.9 cm³/mol. The van der Waals surface area contributed by atoms with Gasteiger partial charge in [-0.25, -0.2) is 4.68 Å². The Balaban J connectivity index is 1.76. The van der Waals surface area contributed by atoms with Crippen LogP contribution in [0.4, 0.5) is 0 Å². The van der Waals surface area contributed by atoms with Crippen molar-refractivity contribution in [1.29, 1.82) is 0 Å². The lowest BCUT2D eigenvalue weighted by Gasteiger charge is -2.14. The van der Waals surface area contributed by atoms with E-state index in [0.717, 1.165) is 35.9 Å². The molecule has 126 valence electrons. The van der Waals surface area contributed by atoms with Gasteiger partial charge in [0.25, 0.3) is 0 Å². The van der Waals surface area contributed by atoms with Crippen LogP contribution in [-0.4, -0.2) is 31.9 Å². The monoisotopic (exact) mass is 325 g/mol. The zero-order valence-corrected chi connectivity index (χ0v) is 14.7. The molecule has 1 aromatic carbocycles. The van der Waals surface area contributed by atoms with Crippen molar-refractivity contribution >= 4 is 0 Å². The minimum Gasteiger partial charge on any atom is -0.338 e. The average molecular weight is 325 g/mol. The van der Waals surface area contributed by atoms with Crippen molar-refractivity contribution in [3.63, 3.8) is 0 Å². The van der Waals surface area contributed by atoms with Crippen molar-refractivity contribution < 1.29 is 4.52 Å². The quantitative estimate of drug-likeness (QED) is 0.697. The molecule has 3 rings (SSSR count). The van der Waals surface area contributed by atoms with E-state index < -0.39 is 0 Å². The van der Waals surface area contributed by atoms with Gasteiger partial charge in [-0.2, -0.15) is 10.1 Å². The minimum atomic E-state index is 0.627. The number of aryl methyl sites for hydroxylation is 2. The van der Waals surface area contributed by atoms with E-state index in [9.17, 15) is 0 Å². The van der Waals surface area contributed by atoms with E-state index in [0.29, 0.717) is 12.4 Å². The maximum atomic E-state index is 5.28. The Morgan fingerprint density at radius 1 is 1.12 bits per heavy atom. The fourth-order valence-electron chi connectivity index (χ4n) is 2.78. The fourth-order valence-corrected chi connectivity index (χ4v) is 2.78. The standard InChI is InChI=1S/C18H23N5O/c1-5-17-19-18(24-21-17)12-22(4)11-16-13(2)20-23(14(16)3)15-9-7-6-8-10-15/h6-10H,5,11-12H2,1-4H3. The first kappa shape index (κ1) is 16.4. The van der Waals surface area contributed by atoms with E-state index in [1.807, 2.05) is 29.8 Å². The van der Waals surface area contributed by atoms with Gasteiger partial charge in [0.2, 0.25) is 5.89 Å². The molecule has 24 heavy (non-hydrogen) atoms. The first-order valence-corrected chi connectivity index (χ1v) is 8.19. The third-order valence-corrected chi connectivity index (χ3v) is 4.10. The molecule has 6 heteroatoms. The second-order valence-corrected chi connectivity index (χ2v) is 6.03. The Bertz CT molecular complexity index is 806. The van der Waals surface area contributed by atoms with Gasteiger partial charge in [-0.1, -0.05) is 30.3 Å². The number of rotatable bonds is 6. The normalized spacial score (nSPS) is 11.4. The van der Waals surface area contributed by atoms with Crippen LogP contribution in [-0.2, 0) is 19.5 Å². The van der Waals surface area contributed by atoms with Crippen LogP contribution in [0.1, 0.15) is 35.6 Å². The van der Waals surface area contributed by atoms with Crippen LogP contribution >= 0.6 is 0 Å². The molecule has 0 fully saturated rings. The molecule has 3 aromatic rings. The topological polar surface area (TPSA) is 60.0 Å². The Morgan fingerprint density at radius 3 is 2.54 bits per heavy atom. The number of para-hydroxylation sites is 1. The first-order valence-electron chi connectivity index (χ1n) is 8.19. The van der Waals surface area contributed by atoms with Crippen LogP contribution in [0, 0.1) is 13.8 Å². The molecule has 0 saturated heterocycles. The molecule has 0 bridgehead atoms. The average Bonchev–Trinajstić information content (AvgIpc) is 3.15.